The number of fused-ring (bicyclic) bond motifs is 3. The van der Waals surface area contributed by atoms with Crippen molar-refractivity contribution in [2.75, 3.05) is 0 Å². The molecule has 1 aromatic heterocycles. The van der Waals surface area contributed by atoms with Crippen LogP contribution in [-0.2, 0) is 11.2 Å². The van der Waals surface area contributed by atoms with E-state index in [0.717, 1.165) is 12.8 Å². The van der Waals surface area contributed by atoms with Crippen molar-refractivity contribution in [1.29, 1.82) is 0 Å². The van der Waals surface area contributed by atoms with Crippen LogP contribution in [0.15, 0.2) is 11.4 Å². The van der Waals surface area contributed by atoms with Gasteiger partial charge in [-0.25, -0.2) is 0 Å². The van der Waals surface area contributed by atoms with Crippen molar-refractivity contribution in [3.8, 4) is 0 Å². The Morgan fingerprint density at radius 2 is 2.42 bits per heavy atom. The molecule has 1 N–H and O–H groups in total. The first-order valence-corrected chi connectivity index (χ1v) is 5.08. The van der Waals surface area contributed by atoms with Gasteiger partial charge in [0.25, 0.3) is 0 Å². The average molecular weight is 179 g/mol. The van der Waals surface area contributed by atoms with Crippen molar-refractivity contribution < 1.29 is 4.79 Å². The molecule has 0 aromatic carbocycles. The maximum absolute atomic E-state index is 11.1. The van der Waals surface area contributed by atoms with Crippen LogP contribution in [0, 0.1) is 5.92 Å². The summed E-state index contributed by atoms with van der Waals surface area (Å²) in [6.07, 6.45) is 1.84. The Hall–Kier alpha value is -0.830. The predicted molar refractivity (Wildman–Crippen MR) is 47.0 cm³/mol. The van der Waals surface area contributed by atoms with Crippen LogP contribution >= 0.6 is 11.3 Å². The molecular formula is C9H9NOS. The molecular weight excluding hydrogens is 170 g/mol. The summed E-state index contributed by atoms with van der Waals surface area (Å²) in [5, 5.41) is 5.14. The summed E-state index contributed by atoms with van der Waals surface area (Å²) < 4.78 is 0. The van der Waals surface area contributed by atoms with E-state index in [2.05, 4.69) is 16.8 Å². The van der Waals surface area contributed by atoms with Gasteiger partial charge in [-0.2, -0.15) is 0 Å². The highest BCUT2D eigenvalue weighted by Crippen LogP contribution is 2.43. The van der Waals surface area contributed by atoms with E-state index in [4.69, 9.17) is 0 Å². The van der Waals surface area contributed by atoms with Gasteiger partial charge in [0.05, 0.1) is 6.04 Å². The van der Waals surface area contributed by atoms with Crippen molar-refractivity contribution in [1.82, 2.24) is 5.32 Å². The third kappa shape index (κ3) is 0.719. The zero-order chi connectivity index (χ0) is 8.13. The molecule has 2 aliphatic rings. The van der Waals surface area contributed by atoms with E-state index < -0.39 is 0 Å². The molecule has 3 rings (SSSR count). The molecule has 2 atom stereocenters. The lowest BCUT2D eigenvalue weighted by molar-refractivity contribution is -0.119. The molecule has 1 aliphatic carbocycles. The second-order valence-electron chi connectivity index (χ2n) is 3.51. The van der Waals surface area contributed by atoms with E-state index in [1.807, 2.05) is 11.3 Å². The number of thiophene rings is 1. The zero-order valence-electron chi connectivity index (χ0n) is 6.54. The van der Waals surface area contributed by atoms with Crippen LogP contribution in [0.25, 0.3) is 0 Å². The SMILES string of the molecule is O=C1CC2Cc3sccc3C2N1. The molecule has 1 aliphatic heterocycles. The summed E-state index contributed by atoms with van der Waals surface area (Å²) in [5.74, 6) is 0.779. The third-order valence-corrected chi connectivity index (χ3v) is 3.76. The number of amides is 1. The molecule has 1 saturated heterocycles. The lowest BCUT2D eigenvalue weighted by Gasteiger charge is -2.07. The van der Waals surface area contributed by atoms with Crippen LogP contribution in [0.2, 0.25) is 0 Å². The molecule has 1 fully saturated rings. The highest BCUT2D eigenvalue weighted by Gasteiger charge is 2.40. The van der Waals surface area contributed by atoms with E-state index >= 15 is 0 Å². The Morgan fingerprint density at radius 3 is 3.33 bits per heavy atom. The van der Waals surface area contributed by atoms with E-state index in [0.29, 0.717) is 12.0 Å². The first-order valence-electron chi connectivity index (χ1n) is 4.20. The first-order chi connectivity index (χ1) is 5.84. The fourth-order valence-electron chi connectivity index (χ4n) is 2.26. The van der Waals surface area contributed by atoms with Gasteiger partial charge in [-0.1, -0.05) is 0 Å². The number of hydrogen-bond donors (Lipinski definition) is 1. The Kier molecular flexibility index (Phi) is 1.17. The van der Waals surface area contributed by atoms with E-state index in [-0.39, 0.29) is 5.91 Å². The van der Waals surface area contributed by atoms with Crippen LogP contribution in [0.3, 0.4) is 0 Å². The van der Waals surface area contributed by atoms with Gasteiger partial charge in [-0.3, -0.25) is 4.79 Å². The molecule has 12 heavy (non-hydrogen) atoms. The second-order valence-corrected chi connectivity index (χ2v) is 4.51. The monoisotopic (exact) mass is 179 g/mol. The highest BCUT2D eigenvalue weighted by molar-refractivity contribution is 7.10. The quantitative estimate of drug-likeness (QED) is 0.642. The fourth-order valence-corrected chi connectivity index (χ4v) is 3.28. The lowest BCUT2D eigenvalue weighted by atomic mass is 10.0. The van der Waals surface area contributed by atoms with Crippen LogP contribution in [0.5, 0.6) is 0 Å². The third-order valence-electron chi connectivity index (χ3n) is 2.80. The van der Waals surface area contributed by atoms with Gasteiger partial charge in [-0.05, 0) is 29.3 Å². The molecule has 0 bridgehead atoms. The molecule has 2 heterocycles. The standard InChI is InChI=1S/C9H9NOS/c11-8-4-5-3-7-6(1-2-12-7)9(5)10-8/h1-2,5,9H,3-4H2,(H,10,11). The van der Waals surface area contributed by atoms with Crippen molar-refractivity contribution in [3.05, 3.63) is 21.9 Å². The molecule has 2 nitrogen and oxygen atoms in total. The summed E-state index contributed by atoms with van der Waals surface area (Å²) >= 11 is 1.82. The molecule has 0 saturated carbocycles. The van der Waals surface area contributed by atoms with Crippen molar-refractivity contribution in [2.24, 2.45) is 5.92 Å². The van der Waals surface area contributed by atoms with Gasteiger partial charge in [0.15, 0.2) is 0 Å². The normalized spacial score (nSPS) is 31.5. The number of carbonyl (C=O) groups excluding carboxylic acids is 1. The van der Waals surface area contributed by atoms with E-state index in [1.54, 1.807) is 0 Å². The van der Waals surface area contributed by atoms with E-state index in [9.17, 15) is 4.79 Å². The molecule has 62 valence electrons. The smallest absolute Gasteiger partial charge is 0.220 e. The topological polar surface area (TPSA) is 29.1 Å². The first kappa shape index (κ1) is 6.66. The van der Waals surface area contributed by atoms with Gasteiger partial charge in [0.2, 0.25) is 5.91 Å². The van der Waals surface area contributed by atoms with Crippen LogP contribution in [0.4, 0.5) is 0 Å². The molecule has 1 aromatic rings. The summed E-state index contributed by atoms with van der Waals surface area (Å²) in [4.78, 5) is 12.6. The minimum absolute atomic E-state index is 0.224. The Balaban J connectivity index is 2.05. The van der Waals surface area contributed by atoms with Crippen molar-refractivity contribution >= 4 is 17.2 Å². The maximum atomic E-state index is 11.1. The second kappa shape index (κ2) is 2.10. The average Bonchev–Trinajstić information content (AvgIpc) is 2.59. The Bertz CT molecular complexity index is 344. The number of nitrogens with one attached hydrogen (secondary N) is 1. The number of carbonyl (C=O) groups is 1. The lowest BCUT2D eigenvalue weighted by Crippen LogP contribution is -2.18. The van der Waals surface area contributed by atoms with E-state index in [1.165, 1.54) is 10.4 Å². The molecule has 2 unspecified atom stereocenters. The number of rotatable bonds is 0. The van der Waals surface area contributed by atoms with Gasteiger partial charge in [0, 0.05) is 11.3 Å². The molecule has 1 amide bonds. The fraction of sp³-hybridized carbons (Fsp3) is 0.444. The summed E-state index contributed by atoms with van der Waals surface area (Å²) in [5.41, 5.74) is 1.37. The molecule has 0 radical (unpaired) electrons. The van der Waals surface area contributed by atoms with Gasteiger partial charge in [0.1, 0.15) is 0 Å². The molecule has 3 heteroatoms. The highest BCUT2D eigenvalue weighted by atomic mass is 32.1. The summed E-state index contributed by atoms with van der Waals surface area (Å²) in [7, 11) is 0. The van der Waals surface area contributed by atoms with Crippen LogP contribution in [0.1, 0.15) is 22.9 Å². The van der Waals surface area contributed by atoms with Crippen molar-refractivity contribution in [3.63, 3.8) is 0 Å². The minimum Gasteiger partial charge on any atom is -0.349 e. The largest absolute Gasteiger partial charge is 0.349 e. The summed E-state index contributed by atoms with van der Waals surface area (Å²) in [6.45, 7) is 0. The maximum Gasteiger partial charge on any atom is 0.220 e. The van der Waals surface area contributed by atoms with Crippen molar-refractivity contribution in [2.45, 2.75) is 18.9 Å². The van der Waals surface area contributed by atoms with Gasteiger partial charge in [-0.15, -0.1) is 11.3 Å². The van der Waals surface area contributed by atoms with Crippen LogP contribution < -0.4 is 5.32 Å². The van der Waals surface area contributed by atoms with Gasteiger partial charge >= 0.3 is 0 Å². The Labute approximate surface area is 74.6 Å². The number of hydrogen-bond acceptors (Lipinski definition) is 2. The Morgan fingerprint density at radius 1 is 1.50 bits per heavy atom. The predicted octanol–water partition coefficient (Wildman–Crippen LogP) is 1.48. The molecule has 0 spiro atoms. The zero-order valence-corrected chi connectivity index (χ0v) is 7.36. The summed E-state index contributed by atoms with van der Waals surface area (Å²) in [6, 6.07) is 2.50. The van der Waals surface area contributed by atoms with Gasteiger partial charge < -0.3 is 5.32 Å². The minimum atomic E-state index is 0.224. The van der Waals surface area contributed by atoms with Crippen LogP contribution in [-0.4, -0.2) is 5.91 Å².